The van der Waals surface area contributed by atoms with Crippen LogP contribution >= 0.6 is 27.5 Å². The second-order valence-corrected chi connectivity index (χ2v) is 11.8. The maximum Gasteiger partial charge on any atom is 0.266 e. The first-order chi connectivity index (χ1) is 21.9. The monoisotopic (exact) mass is 691 g/mol. The Labute approximate surface area is 276 Å². The van der Waals surface area contributed by atoms with Crippen LogP contribution < -0.4 is 20.3 Å². The molecule has 1 aliphatic heterocycles. The van der Waals surface area contributed by atoms with Gasteiger partial charge in [-0.3, -0.25) is 10.2 Å². The van der Waals surface area contributed by atoms with Gasteiger partial charge in [0, 0.05) is 41.1 Å². The maximum absolute atomic E-state index is 14.4. The van der Waals surface area contributed by atoms with Gasteiger partial charge in [0.25, 0.3) is 5.91 Å². The summed E-state index contributed by atoms with van der Waals surface area (Å²) in [6.07, 6.45) is 0.633. The summed E-state index contributed by atoms with van der Waals surface area (Å²) in [6, 6.07) is 30.3. The third-order valence-corrected chi connectivity index (χ3v) is 8.67. The van der Waals surface area contributed by atoms with Gasteiger partial charge in [0.05, 0.1) is 13.7 Å². The molecule has 1 heterocycles. The SMILES string of the molecule is COc1cccc([C@@H]2OC(c3ccc(OCCCO)cc3)=N[C@]2(Cc2ccccc2Br)C(=O)NNCCc2ccccc2Cl)c1. The topological polar surface area (TPSA) is 101 Å². The summed E-state index contributed by atoms with van der Waals surface area (Å²) in [5.74, 6) is 1.30. The van der Waals surface area contributed by atoms with Crippen LogP contribution in [0.2, 0.25) is 5.02 Å². The first-order valence-corrected chi connectivity index (χ1v) is 15.9. The van der Waals surface area contributed by atoms with Gasteiger partial charge in [-0.25, -0.2) is 10.4 Å². The Kier molecular flexibility index (Phi) is 11.1. The minimum atomic E-state index is -1.39. The molecule has 0 aliphatic carbocycles. The number of hydrazine groups is 1. The molecule has 0 unspecified atom stereocenters. The van der Waals surface area contributed by atoms with E-state index >= 15 is 0 Å². The highest BCUT2D eigenvalue weighted by Gasteiger charge is 2.53. The van der Waals surface area contributed by atoms with Crippen molar-refractivity contribution in [2.45, 2.75) is 30.9 Å². The molecule has 4 aromatic carbocycles. The molecule has 4 aromatic rings. The molecule has 1 amide bonds. The smallest absolute Gasteiger partial charge is 0.266 e. The van der Waals surface area contributed by atoms with Crippen molar-refractivity contribution < 1.29 is 24.1 Å². The van der Waals surface area contributed by atoms with Crippen LogP contribution in [0.3, 0.4) is 0 Å². The average molecular weight is 693 g/mol. The zero-order chi connectivity index (χ0) is 31.6. The van der Waals surface area contributed by atoms with Crippen LogP contribution in [0.4, 0.5) is 0 Å². The van der Waals surface area contributed by atoms with Crippen LogP contribution in [0.25, 0.3) is 0 Å². The fourth-order valence-electron chi connectivity index (χ4n) is 5.17. The van der Waals surface area contributed by atoms with Crippen molar-refractivity contribution in [3.63, 3.8) is 0 Å². The molecule has 1 aliphatic rings. The van der Waals surface area contributed by atoms with Crippen molar-refractivity contribution in [2.75, 3.05) is 26.9 Å². The highest BCUT2D eigenvalue weighted by molar-refractivity contribution is 9.10. The number of carbonyl (C=O) groups excluding carboxylic acids is 1. The van der Waals surface area contributed by atoms with Crippen molar-refractivity contribution >= 4 is 39.3 Å². The molecule has 2 atom stereocenters. The van der Waals surface area contributed by atoms with Gasteiger partial charge >= 0.3 is 0 Å². The highest BCUT2D eigenvalue weighted by atomic mass is 79.9. The number of aliphatic imine (C=N–C) groups is 1. The molecule has 8 nitrogen and oxygen atoms in total. The lowest BCUT2D eigenvalue weighted by atomic mass is 9.82. The summed E-state index contributed by atoms with van der Waals surface area (Å²) in [4.78, 5) is 19.5. The second kappa shape index (κ2) is 15.4. The summed E-state index contributed by atoms with van der Waals surface area (Å²) in [5, 5.41) is 9.74. The first kappa shape index (κ1) is 32.5. The van der Waals surface area contributed by atoms with E-state index in [4.69, 9.17) is 35.9 Å². The fraction of sp³-hybridized carbons (Fsp3) is 0.257. The molecule has 10 heteroatoms. The van der Waals surface area contributed by atoms with Crippen LogP contribution in [0.5, 0.6) is 11.5 Å². The molecular weight excluding hydrogens is 658 g/mol. The summed E-state index contributed by atoms with van der Waals surface area (Å²) in [6.45, 7) is 0.925. The van der Waals surface area contributed by atoms with Crippen LogP contribution in [0.1, 0.15) is 34.8 Å². The minimum absolute atomic E-state index is 0.0604. The predicted octanol–water partition coefficient (Wildman–Crippen LogP) is 6.24. The Bertz CT molecular complexity index is 1630. The maximum atomic E-state index is 14.4. The number of hydrogen-bond acceptors (Lipinski definition) is 7. The van der Waals surface area contributed by atoms with Gasteiger partial charge in [0.1, 0.15) is 11.5 Å². The normalized spacial score (nSPS) is 17.3. The number of carbonyl (C=O) groups is 1. The first-order valence-electron chi connectivity index (χ1n) is 14.7. The lowest BCUT2D eigenvalue weighted by molar-refractivity contribution is -0.130. The number of amides is 1. The Morgan fingerprint density at radius 2 is 1.76 bits per heavy atom. The highest BCUT2D eigenvalue weighted by Crippen LogP contribution is 2.44. The summed E-state index contributed by atoms with van der Waals surface area (Å²) < 4.78 is 18.7. The number of methoxy groups -OCH3 is 1. The predicted molar refractivity (Wildman–Crippen MR) is 179 cm³/mol. The van der Waals surface area contributed by atoms with E-state index in [9.17, 15) is 4.79 Å². The molecule has 0 bridgehead atoms. The zero-order valence-electron chi connectivity index (χ0n) is 24.8. The number of benzene rings is 4. The van der Waals surface area contributed by atoms with Gasteiger partial charge in [-0.1, -0.05) is 76.1 Å². The van der Waals surface area contributed by atoms with Crippen molar-refractivity contribution in [3.8, 4) is 11.5 Å². The van der Waals surface area contributed by atoms with Gasteiger partial charge < -0.3 is 19.3 Å². The standard InChI is InChI=1S/C35H35BrClN3O5/c1-43-29-11-6-10-26(22-29)32-35(23-27-9-2-4-12-30(27)36,34(42)40-38-19-18-24-8-3-5-13-31(24)37)39-33(45-32)25-14-16-28(17-15-25)44-21-7-20-41/h2-6,8-17,22,32,38,41H,7,18-21,23H2,1H3,(H,40,42)/t32-,35-/m0/s1. The van der Waals surface area contributed by atoms with E-state index in [1.807, 2.05) is 97.1 Å². The average Bonchev–Trinajstić information content (AvgIpc) is 3.46. The number of aliphatic hydroxyl groups is 1. The Hall–Kier alpha value is -3.89. The van der Waals surface area contributed by atoms with E-state index in [1.165, 1.54) is 0 Å². The quantitative estimate of drug-likeness (QED) is 0.107. The number of ether oxygens (including phenoxy) is 3. The molecule has 0 saturated carbocycles. The van der Waals surface area contributed by atoms with E-state index in [1.54, 1.807) is 7.11 Å². The van der Waals surface area contributed by atoms with Gasteiger partial charge in [-0.05, 0) is 71.6 Å². The molecule has 45 heavy (non-hydrogen) atoms. The summed E-state index contributed by atoms with van der Waals surface area (Å²) in [5.41, 5.74) is 7.95. The van der Waals surface area contributed by atoms with E-state index in [2.05, 4.69) is 26.8 Å². The van der Waals surface area contributed by atoms with E-state index < -0.39 is 11.6 Å². The van der Waals surface area contributed by atoms with Crippen LogP contribution in [0, 0.1) is 0 Å². The van der Waals surface area contributed by atoms with Gasteiger partial charge in [0.2, 0.25) is 5.90 Å². The second-order valence-electron chi connectivity index (χ2n) is 10.6. The molecule has 0 aromatic heterocycles. The van der Waals surface area contributed by atoms with Crippen LogP contribution in [-0.2, 0) is 22.4 Å². The molecular formula is C35H35BrClN3O5. The largest absolute Gasteiger partial charge is 0.497 e. The Balaban J connectivity index is 1.50. The molecule has 234 valence electrons. The van der Waals surface area contributed by atoms with Crippen LogP contribution in [-0.4, -0.2) is 49.3 Å². The molecule has 0 saturated heterocycles. The fourth-order valence-corrected chi connectivity index (χ4v) is 5.82. The lowest BCUT2D eigenvalue weighted by Crippen LogP contribution is -2.54. The summed E-state index contributed by atoms with van der Waals surface area (Å²) in [7, 11) is 1.60. The molecule has 0 radical (unpaired) electrons. The van der Waals surface area contributed by atoms with Gasteiger partial charge in [-0.15, -0.1) is 0 Å². The van der Waals surface area contributed by atoms with Crippen molar-refractivity contribution in [3.05, 3.63) is 129 Å². The number of nitrogens with one attached hydrogen (secondary N) is 2. The third-order valence-electron chi connectivity index (χ3n) is 7.52. The number of rotatable bonds is 14. The zero-order valence-corrected chi connectivity index (χ0v) is 27.2. The number of nitrogens with zero attached hydrogens (tertiary/aromatic N) is 1. The lowest BCUT2D eigenvalue weighted by Gasteiger charge is -2.31. The minimum Gasteiger partial charge on any atom is -0.497 e. The summed E-state index contributed by atoms with van der Waals surface area (Å²) >= 11 is 10.0. The van der Waals surface area contributed by atoms with E-state index in [0.29, 0.717) is 54.0 Å². The van der Waals surface area contributed by atoms with Crippen molar-refractivity contribution in [1.82, 2.24) is 10.9 Å². The van der Waals surface area contributed by atoms with Gasteiger partial charge in [0.15, 0.2) is 11.6 Å². The van der Waals surface area contributed by atoms with E-state index in [0.717, 1.165) is 21.2 Å². The number of hydrogen-bond donors (Lipinski definition) is 3. The van der Waals surface area contributed by atoms with Gasteiger partial charge in [-0.2, -0.15) is 0 Å². The Morgan fingerprint density at radius 1 is 1.00 bits per heavy atom. The van der Waals surface area contributed by atoms with E-state index in [-0.39, 0.29) is 18.9 Å². The molecule has 0 fully saturated rings. The molecule has 0 spiro atoms. The third kappa shape index (κ3) is 7.86. The molecule has 3 N–H and O–H groups in total. The van der Waals surface area contributed by atoms with Crippen molar-refractivity contribution in [2.24, 2.45) is 4.99 Å². The number of aliphatic hydroxyl groups excluding tert-OH is 1. The van der Waals surface area contributed by atoms with Crippen molar-refractivity contribution in [1.29, 1.82) is 0 Å². The Morgan fingerprint density at radius 3 is 2.49 bits per heavy atom. The van der Waals surface area contributed by atoms with Crippen LogP contribution in [0.15, 0.2) is 107 Å². The molecule has 5 rings (SSSR count). The number of halogens is 2.